The topological polar surface area (TPSA) is 37.3 Å². The molecule has 1 aromatic rings. The number of hydrogen-bond donors (Lipinski definition) is 1. The Kier molecular flexibility index (Phi) is 2.65. The van der Waals surface area contributed by atoms with Crippen molar-refractivity contribution in [2.75, 3.05) is 6.26 Å². The third kappa shape index (κ3) is 1.48. The van der Waals surface area contributed by atoms with Crippen molar-refractivity contribution in [3.8, 4) is 0 Å². The molecule has 0 atom stereocenters. The summed E-state index contributed by atoms with van der Waals surface area (Å²) in [7, 11) is 0. The predicted molar refractivity (Wildman–Crippen MR) is 60.4 cm³/mol. The smallest absolute Gasteiger partial charge is 0.346 e. The largest absolute Gasteiger partial charge is 0.477 e. The summed E-state index contributed by atoms with van der Waals surface area (Å²) >= 11 is 3.02. The summed E-state index contributed by atoms with van der Waals surface area (Å²) in [5.74, 6) is -0.790. The Bertz CT molecular complexity index is 404. The molecule has 0 unspecified atom stereocenters. The average molecular weight is 226 g/mol. The first-order valence-electron chi connectivity index (χ1n) is 4.33. The van der Waals surface area contributed by atoms with Gasteiger partial charge in [0.2, 0.25) is 0 Å². The quantitative estimate of drug-likeness (QED) is 0.787. The first kappa shape index (κ1) is 9.80. The molecule has 1 aromatic heterocycles. The molecule has 0 saturated carbocycles. The Morgan fingerprint density at radius 3 is 3.07 bits per heavy atom. The molecular formula is C10H10O2S2. The summed E-state index contributed by atoms with van der Waals surface area (Å²) in [6.45, 7) is 0. The third-order valence-corrected chi connectivity index (χ3v) is 4.61. The van der Waals surface area contributed by atoms with E-state index in [1.807, 2.05) is 12.3 Å². The average Bonchev–Trinajstić information content (AvgIpc) is 2.56. The number of fused-ring (bicyclic) bond motifs is 1. The predicted octanol–water partition coefficient (Wildman–Crippen LogP) is 3.13. The summed E-state index contributed by atoms with van der Waals surface area (Å²) in [5.41, 5.74) is 2.15. The molecule has 0 amide bonds. The number of rotatable bonds is 2. The summed E-state index contributed by atoms with van der Waals surface area (Å²) in [6.07, 6.45) is 7.97. The normalized spacial score (nSPS) is 14.1. The van der Waals surface area contributed by atoms with Gasteiger partial charge in [-0.25, -0.2) is 4.79 Å². The minimum absolute atomic E-state index is 0.522. The fraction of sp³-hybridized carbons (Fsp3) is 0.300. The number of allylic oxidation sites excluding steroid dienone is 1. The minimum Gasteiger partial charge on any atom is -0.477 e. The second kappa shape index (κ2) is 3.79. The Balaban J connectivity index is 2.59. The Morgan fingerprint density at radius 2 is 2.43 bits per heavy atom. The molecule has 74 valence electrons. The fourth-order valence-electron chi connectivity index (χ4n) is 1.62. The number of carboxylic acids is 1. The Hall–Kier alpha value is -0.740. The van der Waals surface area contributed by atoms with Crippen LogP contribution in [-0.2, 0) is 6.42 Å². The summed E-state index contributed by atoms with van der Waals surface area (Å²) in [5, 5.41) is 9.03. The molecule has 2 rings (SSSR count). The van der Waals surface area contributed by atoms with Gasteiger partial charge in [-0.1, -0.05) is 12.2 Å². The van der Waals surface area contributed by atoms with Crippen LogP contribution in [0.2, 0.25) is 0 Å². The van der Waals surface area contributed by atoms with Crippen molar-refractivity contribution >= 4 is 35.1 Å². The number of aromatic carboxylic acids is 1. The van der Waals surface area contributed by atoms with Gasteiger partial charge in [0.25, 0.3) is 0 Å². The van der Waals surface area contributed by atoms with Gasteiger partial charge in [-0.3, -0.25) is 0 Å². The van der Waals surface area contributed by atoms with Crippen molar-refractivity contribution in [3.63, 3.8) is 0 Å². The first-order valence-corrected chi connectivity index (χ1v) is 6.37. The van der Waals surface area contributed by atoms with Gasteiger partial charge in [-0.15, -0.1) is 23.1 Å². The Morgan fingerprint density at radius 1 is 1.64 bits per heavy atom. The van der Waals surface area contributed by atoms with E-state index in [4.69, 9.17) is 5.11 Å². The number of thioether (sulfide) groups is 1. The molecule has 1 N–H and O–H groups in total. The van der Waals surface area contributed by atoms with E-state index in [0.29, 0.717) is 4.88 Å². The highest BCUT2D eigenvalue weighted by Gasteiger charge is 2.21. The van der Waals surface area contributed by atoms with E-state index in [0.717, 1.165) is 28.2 Å². The summed E-state index contributed by atoms with van der Waals surface area (Å²) in [4.78, 5) is 11.5. The lowest BCUT2D eigenvalue weighted by atomic mass is 10.00. The van der Waals surface area contributed by atoms with Gasteiger partial charge in [0.15, 0.2) is 0 Å². The van der Waals surface area contributed by atoms with Crippen LogP contribution >= 0.6 is 23.1 Å². The molecule has 0 aliphatic heterocycles. The van der Waals surface area contributed by atoms with Gasteiger partial charge in [0.1, 0.15) is 4.88 Å². The van der Waals surface area contributed by atoms with E-state index in [-0.39, 0.29) is 0 Å². The zero-order valence-corrected chi connectivity index (χ0v) is 9.37. The fourth-order valence-corrected chi connectivity index (χ4v) is 3.53. The first-order chi connectivity index (χ1) is 6.74. The van der Waals surface area contributed by atoms with Gasteiger partial charge in [0, 0.05) is 5.56 Å². The molecule has 0 fully saturated rings. The minimum atomic E-state index is -0.790. The van der Waals surface area contributed by atoms with Crippen LogP contribution in [0.15, 0.2) is 10.3 Å². The van der Waals surface area contributed by atoms with E-state index in [2.05, 4.69) is 6.08 Å². The van der Waals surface area contributed by atoms with Crippen LogP contribution in [0.4, 0.5) is 0 Å². The second-order valence-corrected chi connectivity index (χ2v) is 5.16. The number of thiophene rings is 1. The molecule has 1 aliphatic carbocycles. The second-order valence-electron chi connectivity index (χ2n) is 3.06. The molecule has 14 heavy (non-hydrogen) atoms. The lowest BCUT2D eigenvalue weighted by Gasteiger charge is -2.06. The molecule has 0 bridgehead atoms. The third-order valence-electron chi connectivity index (χ3n) is 2.24. The molecule has 0 saturated heterocycles. The van der Waals surface area contributed by atoms with Crippen LogP contribution in [0, 0.1) is 0 Å². The van der Waals surface area contributed by atoms with Crippen LogP contribution in [0.1, 0.15) is 27.2 Å². The molecule has 1 aliphatic rings. The lowest BCUT2D eigenvalue weighted by Crippen LogP contribution is -2.00. The van der Waals surface area contributed by atoms with Crippen molar-refractivity contribution in [2.24, 2.45) is 0 Å². The lowest BCUT2D eigenvalue weighted by molar-refractivity contribution is 0.0701. The van der Waals surface area contributed by atoms with Gasteiger partial charge in [-0.2, -0.15) is 0 Å². The molecule has 0 radical (unpaired) electrons. The molecule has 1 heterocycles. The van der Waals surface area contributed by atoms with Crippen LogP contribution in [-0.4, -0.2) is 17.3 Å². The van der Waals surface area contributed by atoms with Gasteiger partial charge in [-0.05, 0) is 24.7 Å². The van der Waals surface area contributed by atoms with Crippen molar-refractivity contribution in [3.05, 3.63) is 22.1 Å². The van der Waals surface area contributed by atoms with Crippen molar-refractivity contribution in [1.29, 1.82) is 0 Å². The SMILES string of the molecule is CSc1sc(C(=O)O)c2c1C=CCC2. The number of carbonyl (C=O) groups is 1. The number of hydrogen-bond acceptors (Lipinski definition) is 3. The van der Waals surface area contributed by atoms with E-state index >= 15 is 0 Å². The van der Waals surface area contributed by atoms with Crippen LogP contribution in [0.25, 0.3) is 6.08 Å². The highest BCUT2D eigenvalue weighted by Crippen LogP contribution is 2.38. The molecule has 4 heteroatoms. The van der Waals surface area contributed by atoms with E-state index in [1.54, 1.807) is 11.8 Å². The Labute approximate surface area is 90.6 Å². The molecular weight excluding hydrogens is 216 g/mol. The van der Waals surface area contributed by atoms with Gasteiger partial charge < -0.3 is 5.11 Å². The van der Waals surface area contributed by atoms with Gasteiger partial charge >= 0.3 is 5.97 Å². The maximum atomic E-state index is 11.0. The maximum Gasteiger partial charge on any atom is 0.346 e. The zero-order chi connectivity index (χ0) is 10.1. The highest BCUT2D eigenvalue weighted by molar-refractivity contribution is 8.00. The maximum absolute atomic E-state index is 11.0. The van der Waals surface area contributed by atoms with Crippen LogP contribution in [0.5, 0.6) is 0 Å². The van der Waals surface area contributed by atoms with E-state index < -0.39 is 5.97 Å². The van der Waals surface area contributed by atoms with Crippen LogP contribution < -0.4 is 0 Å². The van der Waals surface area contributed by atoms with Crippen molar-refractivity contribution in [2.45, 2.75) is 17.1 Å². The standard InChI is InChI=1S/C10H10O2S2/c1-13-10-7-5-3-2-4-6(7)8(14-10)9(11)12/h3,5H,2,4H2,1H3,(H,11,12). The van der Waals surface area contributed by atoms with E-state index in [9.17, 15) is 4.79 Å². The molecule has 0 spiro atoms. The van der Waals surface area contributed by atoms with Crippen LogP contribution in [0.3, 0.4) is 0 Å². The zero-order valence-electron chi connectivity index (χ0n) is 7.74. The molecule has 0 aromatic carbocycles. The number of carboxylic acid groups (broad SMARTS) is 1. The summed E-state index contributed by atoms with van der Waals surface area (Å²) in [6, 6.07) is 0. The van der Waals surface area contributed by atoms with Crippen molar-refractivity contribution in [1.82, 2.24) is 0 Å². The van der Waals surface area contributed by atoms with Crippen molar-refractivity contribution < 1.29 is 9.90 Å². The highest BCUT2D eigenvalue weighted by atomic mass is 32.2. The van der Waals surface area contributed by atoms with Gasteiger partial charge in [0.05, 0.1) is 4.21 Å². The summed E-state index contributed by atoms with van der Waals surface area (Å²) < 4.78 is 1.12. The molecule has 2 nitrogen and oxygen atoms in total. The van der Waals surface area contributed by atoms with E-state index in [1.165, 1.54) is 11.3 Å². The monoisotopic (exact) mass is 226 g/mol.